The van der Waals surface area contributed by atoms with E-state index in [0.29, 0.717) is 37.3 Å². The molecule has 0 aliphatic carbocycles. The molecule has 1 heterocycles. The van der Waals surface area contributed by atoms with Gasteiger partial charge in [-0.1, -0.05) is 22.0 Å². The lowest BCUT2D eigenvalue weighted by molar-refractivity contribution is 0.0974. The maximum Gasteiger partial charge on any atom is 0.258 e. The van der Waals surface area contributed by atoms with Crippen LogP contribution in [0.4, 0.5) is 0 Å². The summed E-state index contributed by atoms with van der Waals surface area (Å²) in [6.07, 6.45) is 5.94. The molecule has 7 nitrogen and oxygen atoms in total. The first-order chi connectivity index (χ1) is 17.0. The number of nitrogens with one attached hydrogen (secondary N) is 3. The van der Waals surface area contributed by atoms with Gasteiger partial charge in [-0.25, -0.2) is 0 Å². The first-order valence-electron chi connectivity index (χ1n) is 12.4. The van der Waals surface area contributed by atoms with E-state index in [1.807, 2.05) is 37.3 Å². The van der Waals surface area contributed by atoms with Crippen molar-refractivity contribution in [1.82, 2.24) is 15.5 Å². The predicted octanol–water partition coefficient (Wildman–Crippen LogP) is 4.77. The second kappa shape index (κ2) is 14.1. The Morgan fingerprint density at radius 3 is 2.66 bits per heavy atom. The van der Waals surface area contributed by atoms with Crippen molar-refractivity contribution in [2.45, 2.75) is 45.4 Å². The number of aryl methyl sites for hydroxylation is 1. The first-order valence-corrected chi connectivity index (χ1v) is 13.2. The average molecular weight is 546 g/mol. The smallest absolute Gasteiger partial charge is 0.258 e. The lowest BCUT2D eigenvalue weighted by Crippen LogP contribution is -2.41. The summed E-state index contributed by atoms with van der Waals surface area (Å²) in [6, 6.07) is 11.4. The molecule has 35 heavy (non-hydrogen) atoms. The van der Waals surface area contributed by atoms with Crippen molar-refractivity contribution >= 4 is 27.8 Å². The molecular weight excluding hydrogens is 508 g/mol. The normalized spacial score (nSPS) is 13.5. The number of amides is 1. The zero-order valence-corrected chi connectivity index (χ0v) is 22.4. The van der Waals surface area contributed by atoms with Crippen molar-refractivity contribution in [3.63, 3.8) is 0 Å². The molecule has 3 rings (SSSR count). The Hall–Kier alpha value is -2.58. The van der Waals surface area contributed by atoms with Crippen molar-refractivity contribution in [2.24, 2.45) is 0 Å². The van der Waals surface area contributed by atoms with Gasteiger partial charge in [0.1, 0.15) is 11.5 Å². The summed E-state index contributed by atoms with van der Waals surface area (Å²) in [6.45, 7) is 6.62. The molecule has 1 amide bonds. The van der Waals surface area contributed by atoms with Crippen LogP contribution in [0.15, 0.2) is 40.9 Å². The number of unbranched alkanes of at least 4 members (excludes halogenated alkanes) is 1. The molecule has 0 bridgehead atoms. The standard InChI is InChI=1S/C27H37BrN4O3/c1-3-35-25-10-8-9-23(22(25)13-11-20-19-21(28)12-14-24(20)34-2)26(33)31-27(29)30-15-4-5-16-32-17-6-7-18-32/h8-10,12,14,19H,3-7,11,13,15-18H2,1-2H3,(H3,29,30,31,33). The molecule has 0 atom stereocenters. The summed E-state index contributed by atoms with van der Waals surface area (Å²) in [4.78, 5) is 15.6. The zero-order chi connectivity index (χ0) is 25.0. The van der Waals surface area contributed by atoms with E-state index in [2.05, 4.69) is 31.5 Å². The van der Waals surface area contributed by atoms with Crippen LogP contribution in [0.2, 0.25) is 0 Å². The van der Waals surface area contributed by atoms with Crippen molar-refractivity contribution in [1.29, 1.82) is 5.41 Å². The highest BCUT2D eigenvalue weighted by molar-refractivity contribution is 9.10. The van der Waals surface area contributed by atoms with Gasteiger partial charge in [0, 0.05) is 22.1 Å². The Morgan fingerprint density at radius 2 is 1.91 bits per heavy atom. The second-order valence-corrected chi connectivity index (χ2v) is 9.60. The minimum absolute atomic E-state index is 0.0256. The van der Waals surface area contributed by atoms with E-state index in [4.69, 9.17) is 14.9 Å². The number of hydrogen-bond donors (Lipinski definition) is 3. The molecule has 8 heteroatoms. The van der Waals surface area contributed by atoms with E-state index >= 15 is 0 Å². The number of nitrogens with zero attached hydrogens (tertiary/aromatic N) is 1. The van der Waals surface area contributed by atoms with Crippen LogP contribution in [0.5, 0.6) is 11.5 Å². The maximum absolute atomic E-state index is 13.1. The van der Waals surface area contributed by atoms with Crippen LogP contribution >= 0.6 is 15.9 Å². The summed E-state index contributed by atoms with van der Waals surface area (Å²) in [7, 11) is 1.66. The van der Waals surface area contributed by atoms with Gasteiger partial charge in [-0.15, -0.1) is 0 Å². The molecule has 1 fully saturated rings. The number of benzene rings is 2. The SMILES string of the molecule is CCOc1cccc(C(=O)NC(=N)NCCCCN2CCCC2)c1CCc1cc(Br)ccc1OC. The van der Waals surface area contributed by atoms with Gasteiger partial charge in [-0.2, -0.15) is 0 Å². The Labute approximate surface area is 217 Å². The Kier molecular flexibility index (Phi) is 10.9. The third-order valence-electron chi connectivity index (χ3n) is 6.20. The minimum Gasteiger partial charge on any atom is -0.496 e. The number of halogens is 1. The predicted molar refractivity (Wildman–Crippen MR) is 144 cm³/mol. The molecule has 0 radical (unpaired) electrons. The number of carbonyl (C=O) groups excluding carboxylic acids is 1. The Bertz CT molecular complexity index is 992. The number of carbonyl (C=O) groups is 1. The van der Waals surface area contributed by atoms with Crippen molar-refractivity contribution in [3.8, 4) is 11.5 Å². The largest absolute Gasteiger partial charge is 0.496 e. The second-order valence-electron chi connectivity index (χ2n) is 8.68. The van der Waals surface area contributed by atoms with Crippen molar-refractivity contribution in [2.75, 3.05) is 39.9 Å². The summed E-state index contributed by atoms with van der Waals surface area (Å²) in [5.74, 6) is 1.22. The topological polar surface area (TPSA) is 86.7 Å². The molecule has 2 aromatic rings. The van der Waals surface area contributed by atoms with E-state index in [9.17, 15) is 4.79 Å². The van der Waals surface area contributed by atoms with Gasteiger partial charge >= 0.3 is 0 Å². The number of methoxy groups -OCH3 is 1. The highest BCUT2D eigenvalue weighted by atomic mass is 79.9. The van der Waals surface area contributed by atoms with Gasteiger partial charge in [0.05, 0.1) is 13.7 Å². The van der Waals surface area contributed by atoms with Crippen LogP contribution in [0.3, 0.4) is 0 Å². The van der Waals surface area contributed by atoms with Gasteiger partial charge in [0.15, 0.2) is 5.96 Å². The number of likely N-dealkylation sites (tertiary alicyclic amines) is 1. The van der Waals surface area contributed by atoms with Crippen LogP contribution in [0, 0.1) is 5.41 Å². The maximum atomic E-state index is 13.1. The molecule has 0 aromatic heterocycles. The number of hydrogen-bond acceptors (Lipinski definition) is 5. The van der Waals surface area contributed by atoms with E-state index in [1.54, 1.807) is 13.2 Å². The van der Waals surface area contributed by atoms with Crippen LogP contribution in [0.1, 0.15) is 54.1 Å². The fourth-order valence-electron chi connectivity index (χ4n) is 4.43. The molecule has 0 unspecified atom stereocenters. The lowest BCUT2D eigenvalue weighted by Gasteiger charge is -2.17. The van der Waals surface area contributed by atoms with Crippen LogP contribution < -0.4 is 20.1 Å². The Balaban J connectivity index is 1.60. The van der Waals surface area contributed by atoms with Gasteiger partial charge < -0.3 is 19.7 Å². The van der Waals surface area contributed by atoms with Gasteiger partial charge in [0.2, 0.25) is 0 Å². The zero-order valence-electron chi connectivity index (χ0n) is 20.8. The third kappa shape index (κ3) is 8.25. The summed E-state index contributed by atoms with van der Waals surface area (Å²) in [5, 5.41) is 13.9. The number of guanidine groups is 1. The molecular formula is C27H37BrN4O3. The van der Waals surface area contributed by atoms with Crippen molar-refractivity contribution < 1.29 is 14.3 Å². The highest BCUT2D eigenvalue weighted by Crippen LogP contribution is 2.28. The lowest BCUT2D eigenvalue weighted by atomic mass is 9.97. The third-order valence-corrected chi connectivity index (χ3v) is 6.70. The van der Waals surface area contributed by atoms with Crippen LogP contribution in [-0.2, 0) is 12.8 Å². The van der Waals surface area contributed by atoms with Gasteiger partial charge in [0.25, 0.3) is 5.91 Å². The summed E-state index contributed by atoms with van der Waals surface area (Å²) < 4.78 is 12.3. The highest BCUT2D eigenvalue weighted by Gasteiger charge is 2.18. The summed E-state index contributed by atoms with van der Waals surface area (Å²) >= 11 is 3.53. The van der Waals surface area contributed by atoms with Gasteiger partial charge in [-0.3, -0.25) is 15.5 Å². The monoisotopic (exact) mass is 544 g/mol. The van der Waals surface area contributed by atoms with Crippen molar-refractivity contribution in [3.05, 3.63) is 57.6 Å². The molecule has 1 saturated heterocycles. The van der Waals surface area contributed by atoms with E-state index in [-0.39, 0.29) is 11.9 Å². The molecule has 2 aromatic carbocycles. The van der Waals surface area contributed by atoms with Gasteiger partial charge in [-0.05, 0) is 101 Å². The molecule has 0 spiro atoms. The fraction of sp³-hybridized carbons (Fsp3) is 0.481. The van der Waals surface area contributed by atoms with Crippen LogP contribution in [0.25, 0.3) is 0 Å². The fourth-order valence-corrected chi connectivity index (χ4v) is 4.84. The quantitative estimate of drug-likeness (QED) is 0.203. The Morgan fingerprint density at radius 1 is 1.11 bits per heavy atom. The number of rotatable bonds is 12. The summed E-state index contributed by atoms with van der Waals surface area (Å²) in [5.41, 5.74) is 2.39. The number of ether oxygens (including phenoxy) is 2. The average Bonchev–Trinajstić information content (AvgIpc) is 3.36. The van der Waals surface area contributed by atoms with E-state index < -0.39 is 0 Å². The molecule has 1 aliphatic heterocycles. The molecule has 3 N–H and O–H groups in total. The van der Waals surface area contributed by atoms with E-state index in [1.165, 1.54) is 25.9 Å². The molecule has 190 valence electrons. The first kappa shape index (κ1) is 27.0. The molecule has 1 aliphatic rings. The molecule has 0 saturated carbocycles. The minimum atomic E-state index is -0.308. The van der Waals surface area contributed by atoms with Crippen LogP contribution in [-0.4, -0.2) is 56.7 Å². The van der Waals surface area contributed by atoms with E-state index in [0.717, 1.165) is 40.7 Å².